The normalized spacial score (nSPS) is 10.6. The molecule has 0 atom stereocenters. The van der Waals surface area contributed by atoms with Gasteiger partial charge in [-0.15, -0.1) is 11.6 Å². The Balaban J connectivity index is 2.61. The number of halogens is 1. The minimum absolute atomic E-state index is 0.276. The maximum atomic E-state index is 12.3. The van der Waals surface area contributed by atoms with E-state index in [4.69, 9.17) is 11.6 Å². The molecule has 2 heterocycles. The Morgan fingerprint density at radius 2 is 2.11 bits per heavy atom. The number of nitrogens with zero attached hydrogens (tertiary/aromatic N) is 3. The molecule has 0 saturated heterocycles. The van der Waals surface area contributed by atoms with E-state index < -0.39 is 0 Å². The Labute approximate surface area is 115 Å². The summed E-state index contributed by atoms with van der Waals surface area (Å²) >= 11 is 5.62. The Morgan fingerprint density at radius 1 is 1.32 bits per heavy atom. The largest absolute Gasteiger partial charge is 0.336 e. The van der Waals surface area contributed by atoms with E-state index in [0.29, 0.717) is 30.2 Å². The first kappa shape index (κ1) is 13.5. The van der Waals surface area contributed by atoms with Gasteiger partial charge in [0.1, 0.15) is 5.82 Å². The second-order valence-electron chi connectivity index (χ2n) is 4.15. The molecule has 5 nitrogen and oxygen atoms in total. The van der Waals surface area contributed by atoms with Gasteiger partial charge in [0.25, 0.3) is 5.56 Å². The van der Waals surface area contributed by atoms with Crippen LogP contribution in [0.25, 0.3) is 5.82 Å². The Bertz CT molecular complexity index is 677. The van der Waals surface area contributed by atoms with Crippen molar-refractivity contribution in [3.63, 3.8) is 0 Å². The molecule has 0 bridgehead atoms. The van der Waals surface area contributed by atoms with Gasteiger partial charge in [-0.05, 0) is 25.5 Å². The molecule has 0 aliphatic carbocycles. The van der Waals surface area contributed by atoms with Crippen LogP contribution in [0.2, 0.25) is 0 Å². The minimum Gasteiger partial charge on any atom is -0.269 e. The van der Waals surface area contributed by atoms with Gasteiger partial charge < -0.3 is 0 Å². The third-order valence-electron chi connectivity index (χ3n) is 2.75. The number of hydrogen-bond acceptors (Lipinski definition) is 3. The average Bonchev–Trinajstić information content (AvgIpc) is 2.44. The van der Waals surface area contributed by atoms with Crippen LogP contribution in [0.1, 0.15) is 12.0 Å². The van der Waals surface area contributed by atoms with E-state index in [9.17, 15) is 9.59 Å². The first-order chi connectivity index (χ1) is 9.15. The zero-order chi connectivity index (χ0) is 13.8. The molecule has 0 aliphatic rings. The van der Waals surface area contributed by atoms with Gasteiger partial charge in [-0.2, -0.15) is 0 Å². The molecule has 2 rings (SSSR count). The van der Waals surface area contributed by atoms with Crippen molar-refractivity contribution in [3.05, 3.63) is 57.0 Å². The number of rotatable bonds is 4. The average molecular weight is 280 g/mol. The lowest BCUT2D eigenvalue weighted by atomic mass is 10.3. The predicted octanol–water partition coefficient (Wildman–Crippen LogP) is 1.33. The molecule has 0 amide bonds. The van der Waals surface area contributed by atoms with E-state index in [2.05, 4.69) is 4.98 Å². The van der Waals surface area contributed by atoms with Crippen molar-refractivity contribution >= 4 is 11.6 Å². The lowest BCUT2D eigenvalue weighted by molar-refractivity contribution is 0.592. The summed E-state index contributed by atoms with van der Waals surface area (Å²) < 4.78 is 2.58. The second-order valence-corrected chi connectivity index (χ2v) is 4.53. The lowest BCUT2D eigenvalue weighted by Crippen LogP contribution is -2.40. The van der Waals surface area contributed by atoms with Gasteiger partial charge in [-0.3, -0.25) is 13.9 Å². The van der Waals surface area contributed by atoms with Gasteiger partial charge in [0.05, 0.1) is 0 Å². The molecule has 0 unspecified atom stereocenters. The van der Waals surface area contributed by atoms with Crippen molar-refractivity contribution in [1.82, 2.24) is 14.1 Å². The van der Waals surface area contributed by atoms with E-state index in [-0.39, 0.29) is 11.2 Å². The van der Waals surface area contributed by atoms with Gasteiger partial charge in [-0.1, -0.05) is 6.07 Å². The highest BCUT2D eigenvalue weighted by Crippen LogP contribution is 2.00. The van der Waals surface area contributed by atoms with Crippen LogP contribution < -0.4 is 11.2 Å². The fourth-order valence-corrected chi connectivity index (χ4v) is 1.93. The van der Waals surface area contributed by atoms with Crippen molar-refractivity contribution in [2.75, 3.05) is 5.88 Å². The standard InChI is InChI=1S/C13H14ClN3O2/c1-10-9-17(11-5-2-3-7-15-11)13(19)16(12(10)18)8-4-6-14/h2-3,5,7,9H,4,6,8H2,1H3. The Hall–Kier alpha value is -1.88. The van der Waals surface area contributed by atoms with Crippen LogP contribution in [0, 0.1) is 6.92 Å². The van der Waals surface area contributed by atoms with Crippen LogP contribution in [-0.4, -0.2) is 20.0 Å². The van der Waals surface area contributed by atoms with Crippen LogP contribution in [0.5, 0.6) is 0 Å². The second kappa shape index (κ2) is 5.84. The quantitative estimate of drug-likeness (QED) is 0.794. The molecular formula is C13H14ClN3O2. The SMILES string of the molecule is Cc1cn(-c2ccccn2)c(=O)n(CCCCl)c1=O. The third-order valence-corrected chi connectivity index (χ3v) is 3.02. The molecular weight excluding hydrogens is 266 g/mol. The van der Waals surface area contributed by atoms with E-state index in [1.54, 1.807) is 31.3 Å². The monoisotopic (exact) mass is 279 g/mol. The summed E-state index contributed by atoms with van der Waals surface area (Å²) in [6.45, 7) is 1.99. The molecule has 19 heavy (non-hydrogen) atoms. The summed E-state index contributed by atoms with van der Waals surface area (Å²) in [4.78, 5) is 28.4. The van der Waals surface area contributed by atoms with Crippen molar-refractivity contribution in [2.45, 2.75) is 19.9 Å². The maximum absolute atomic E-state index is 12.3. The topological polar surface area (TPSA) is 56.9 Å². The number of alkyl halides is 1. The molecule has 0 saturated carbocycles. The fourth-order valence-electron chi connectivity index (χ4n) is 1.81. The van der Waals surface area contributed by atoms with Crippen molar-refractivity contribution in [2.24, 2.45) is 0 Å². The van der Waals surface area contributed by atoms with Gasteiger partial charge in [0.2, 0.25) is 0 Å². The molecule has 6 heteroatoms. The number of aromatic nitrogens is 3. The van der Waals surface area contributed by atoms with E-state index in [1.807, 2.05) is 0 Å². The zero-order valence-electron chi connectivity index (χ0n) is 10.5. The smallest absolute Gasteiger partial charge is 0.269 e. The summed E-state index contributed by atoms with van der Waals surface area (Å²) in [5.74, 6) is 0.902. The van der Waals surface area contributed by atoms with Crippen molar-refractivity contribution < 1.29 is 0 Å². The molecule has 0 aromatic carbocycles. The Morgan fingerprint density at radius 3 is 2.74 bits per heavy atom. The first-order valence-corrected chi connectivity index (χ1v) is 6.49. The van der Waals surface area contributed by atoms with Gasteiger partial charge in [0.15, 0.2) is 0 Å². The van der Waals surface area contributed by atoms with Crippen LogP contribution in [0.15, 0.2) is 40.2 Å². The fraction of sp³-hybridized carbons (Fsp3) is 0.308. The Kier molecular flexibility index (Phi) is 4.16. The zero-order valence-corrected chi connectivity index (χ0v) is 11.3. The summed E-state index contributed by atoms with van der Waals surface area (Å²) in [7, 11) is 0. The molecule has 0 fully saturated rings. The lowest BCUT2D eigenvalue weighted by Gasteiger charge is -2.10. The van der Waals surface area contributed by atoms with E-state index in [0.717, 1.165) is 0 Å². The van der Waals surface area contributed by atoms with Crippen molar-refractivity contribution in [3.8, 4) is 5.82 Å². The van der Waals surface area contributed by atoms with Gasteiger partial charge in [0, 0.05) is 30.4 Å². The van der Waals surface area contributed by atoms with Gasteiger partial charge >= 0.3 is 5.69 Å². The van der Waals surface area contributed by atoms with Crippen LogP contribution in [0.3, 0.4) is 0 Å². The number of pyridine rings is 1. The molecule has 2 aromatic heterocycles. The number of aryl methyl sites for hydroxylation is 1. The van der Waals surface area contributed by atoms with Crippen molar-refractivity contribution in [1.29, 1.82) is 0 Å². The van der Waals surface area contributed by atoms with Crippen LogP contribution in [0.4, 0.5) is 0 Å². The molecule has 0 radical (unpaired) electrons. The summed E-state index contributed by atoms with van der Waals surface area (Å²) in [5, 5.41) is 0. The first-order valence-electron chi connectivity index (χ1n) is 5.95. The highest BCUT2D eigenvalue weighted by molar-refractivity contribution is 6.17. The summed E-state index contributed by atoms with van der Waals surface area (Å²) in [6.07, 6.45) is 3.69. The highest BCUT2D eigenvalue weighted by atomic mass is 35.5. The molecule has 0 spiro atoms. The minimum atomic E-state index is -0.389. The maximum Gasteiger partial charge on any atom is 0.336 e. The van der Waals surface area contributed by atoms with Crippen LogP contribution in [-0.2, 0) is 6.54 Å². The van der Waals surface area contributed by atoms with Crippen LogP contribution >= 0.6 is 11.6 Å². The van der Waals surface area contributed by atoms with E-state index >= 15 is 0 Å². The summed E-state index contributed by atoms with van der Waals surface area (Å²) in [6, 6.07) is 5.28. The molecule has 0 aliphatic heterocycles. The van der Waals surface area contributed by atoms with E-state index in [1.165, 1.54) is 15.3 Å². The number of hydrogen-bond donors (Lipinski definition) is 0. The molecule has 0 N–H and O–H groups in total. The third kappa shape index (κ3) is 2.76. The highest BCUT2D eigenvalue weighted by Gasteiger charge is 2.10. The molecule has 2 aromatic rings. The summed E-state index contributed by atoms with van der Waals surface area (Å²) in [5.41, 5.74) is -0.165. The predicted molar refractivity (Wildman–Crippen MR) is 74.2 cm³/mol. The molecule has 100 valence electrons. The van der Waals surface area contributed by atoms with Gasteiger partial charge in [-0.25, -0.2) is 9.78 Å².